The second-order valence-electron chi connectivity index (χ2n) is 6.46. The lowest BCUT2D eigenvalue weighted by atomic mass is 10.1. The molecule has 3 aromatic rings. The van der Waals surface area contributed by atoms with Crippen molar-refractivity contribution >= 4 is 18.1 Å². The number of nitrogens with zero attached hydrogens (tertiary/aromatic N) is 1. The van der Waals surface area contributed by atoms with E-state index < -0.39 is 0 Å². The van der Waals surface area contributed by atoms with Crippen LogP contribution in [-0.4, -0.2) is 18.1 Å². The lowest BCUT2D eigenvalue weighted by molar-refractivity contribution is -0.134. The summed E-state index contributed by atoms with van der Waals surface area (Å²) >= 11 is 0. The van der Waals surface area contributed by atoms with E-state index in [0.29, 0.717) is 24.3 Å². The van der Waals surface area contributed by atoms with Gasteiger partial charge < -0.3 is 9.47 Å². The third-order valence-electron chi connectivity index (χ3n) is 4.28. The molecular weight excluding hydrogens is 350 g/mol. The number of hydrogen-bond acceptors (Lipinski definition) is 4. The Morgan fingerprint density at radius 2 is 1.82 bits per heavy atom. The summed E-state index contributed by atoms with van der Waals surface area (Å²) in [4.78, 5) is 16.5. The highest BCUT2D eigenvalue weighted by Gasteiger charge is 2.11. The first-order valence-electron chi connectivity index (χ1n) is 9.17. The van der Waals surface area contributed by atoms with Gasteiger partial charge in [0.15, 0.2) is 11.5 Å². The Balaban J connectivity index is 1.62. The van der Waals surface area contributed by atoms with E-state index in [-0.39, 0.29) is 5.97 Å². The quantitative estimate of drug-likeness (QED) is 0.427. The lowest BCUT2D eigenvalue weighted by Gasteiger charge is -2.10. The maximum atomic E-state index is 12.2. The van der Waals surface area contributed by atoms with Crippen LogP contribution in [-0.2, 0) is 11.2 Å². The van der Waals surface area contributed by atoms with E-state index in [2.05, 4.69) is 4.98 Å². The summed E-state index contributed by atoms with van der Waals surface area (Å²) in [6.45, 7) is 2.04. The Labute approximate surface area is 165 Å². The van der Waals surface area contributed by atoms with Crippen molar-refractivity contribution in [3.63, 3.8) is 0 Å². The highest BCUT2D eigenvalue weighted by atomic mass is 16.6. The number of aromatic nitrogens is 1. The highest BCUT2D eigenvalue weighted by Crippen LogP contribution is 2.29. The zero-order valence-electron chi connectivity index (χ0n) is 16.1. The molecule has 1 heterocycles. The van der Waals surface area contributed by atoms with E-state index in [1.807, 2.05) is 73.7 Å². The maximum absolute atomic E-state index is 12.2. The number of carbonyl (C=O) groups is 1. The average molecular weight is 373 g/mol. The predicted octanol–water partition coefficient (Wildman–Crippen LogP) is 5.11. The van der Waals surface area contributed by atoms with Crippen LogP contribution in [0.2, 0.25) is 0 Å². The van der Waals surface area contributed by atoms with E-state index in [1.165, 1.54) is 5.56 Å². The first-order chi connectivity index (χ1) is 13.6. The molecule has 0 saturated carbocycles. The summed E-state index contributed by atoms with van der Waals surface area (Å²) in [7, 11) is 1.56. The molecule has 0 saturated heterocycles. The monoisotopic (exact) mass is 373 g/mol. The van der Waals surface area contributed by atoms with Gasteiger partial charge in [0.2, 0.25) is 0 Å². The molecule has 4 heteroatoms. The number of pyridine rings is 1. The molecule has 0 fully saturated rings. The van der Waals surface area contributed by atoms with Crippen LogP contribution in [0, 0.1) is 6.92 Å². The number of hydrogen-bond donors (Lipinski definition) is 0. The van der Waals surface area contributed by atoms with E-state index in [9.17, 15) is 4.79 Å². The minimum Gasteiger partial charge on any atom is -0.493 e. The molecule has 0 unspecified atom stereocenters. The van der Waals surface area contributed by atoms with E-state index >= 15 is 0 Å². The Morgan fingerprint density at radius 1 is 1.00 bits per heavy atom. The van der Waals surface area contributed by atoms with Gasteiger partial charge in [0.1, 0.15) is 0 Å². The molecule has 142 valence electrons. The van der Waals surface area contributed by atoms with Crippen molar-refractivity contribution in [1.29, 1.82) is 0 Å². The maximum Gasteiger partial charge on any atom is 0.311 e. The van der Waals surface area contributed by atoms with Gasteiger partial charge in [0.05, 0.1) is 12.8 Å². The molecule has 4 nitrogen and oxygen atoms in total. The molecule has 2 aromatic carbocycles. The Morgan fingerprint density at radius 3 is 2.54 bits per heavy atom. The summed E-state index contributed by atoms with van der Waals surface area (Å²) in [5, 5.41) is 0. The predicted molar refractivity (Wildman–Crippen MR) is 111 cm³/mol. The molecule has 0 spiro atoms. The number of benzene rings is 2. The SMILES string of the molecule is COc1cc(/C=C/c2ccccn2)ccc1OC(=O)CCc1ccc(C)cc1. The van der Waals surface area contributed by atoms with Gasteiger partial charge >= 0.3 is 5.97 Å². The molecule has 0 radical (unpaired) electrons. The third-order valence-corrected chi connectivity index (χ3v) is 4.28. The summed E-state index contributed by atoms with van der Waals surface area (Å²) < 4.78 is 10.9. The molecule has 0 aliphatic rings. The zero-order valence-corrected chi connectivity index (χ0v) is 16.1. The van der Waals surface area contributed by atoms with Crippen molar-refractivity contribution in [1.82, 2.24) is 4.98 Å². The van der Waals surface area contributed by atoms with Gasteiger partial charge in [-0.25, -0.2) is 0 Å². The second-order valence-corrected chi connectivity index (χ2v) is 6.46. The summed E-state index contributed by atoms with van der Waals surface area (Å²) in [6, 6.07) is 19.4. The Bertz CT molecular complexity index is 947. The van der Waals surface area contributed by atoms with Crippen LogP contribution in [0.4, 0.5) is 0 Å². The van der Waals surface area contributed by atoms with Crippen LogP contribution in [0.25, 0.3) is 12.2 Å². The number of esters is 1. The molecule has 0 aliphatic heterocycles. The van der Waals surface area contributed by atoms with Gasteiger partial charge in [0.25, 0.3) is 0 Å². The van der Waals surface area contributed by atoms with Crippen LogP contribution < -0.4 is 9.47 Å². The number of aryl methyl sites for hydroxylation is 2. The zero-order chi connectivity index (χ0) is 19.8. The van der Waals surface area contributed by atoms with Crippen LogP contribution in [0.1, 0.15) is 28.8 Å². The van der Waals surface area contributed by atoms with Gasteiger partial charge in [-0.05, 0) is 54.8 Å². The van der Waals surface area contributed by atoms with E-state index in [1.54, 1.807) is 19.4 Å². The van der Waals surface area contributed by atoms with Gasteiger partial charge in [-0.3, -0.25) is 9.78 Å². The van der Waals surface area contributed by atoms with Crippen molar-refractivity contribution in [2.24, 2.45) is 0 Å². The molecule has 0 bridgehead atoms. The number of carbonyl (C=O) groups excluding carboxylic acids is 1. The van der Waals surface area contributed by atoms with Crippen molar-refractivity contribution in [2.45, 2.75) is 19.8 Å². The van der Waals surface area contributed by atoms with Crippen molar-refractivity contribution in [3.05, 3.63) is 89.2 Å². The fourth-order valence-electron chi connectivity index (χ4n) is 2.70. The largest absolute Gasteiger partial charge is 0.493 e. The van der Waals surface area contributed by atoms with Gasteiger partial charge in [0, 0.05) is 12.6 Å². The number of ether oxygens (including phenoxy) is 2. The van der Waals surface area contributed by atoms with Gasteiger partial charge in [-0.15, -0.1) is 0 Å². The van der Waals surface area contributed by atoms with Crippen molar-refractivity contribution in [2.75, 3.05) is 7.11 Å². The molecular formula is C24H23NO3. The van der Waals surface area contributed by atoms with Crippen LogP contribution in [0.15, 0.2) is 66.9 Å². The van der Waals surface area contributed by atoms with Crippen LogP contribution in [0.3, 0.4) is 0 Å². The average Bonchev–Trinajstić information content (AvgIpc) is 2.73. The van der Waals surface area contributed by atoms with E-state index in [0.717, 1.165) is 16.8 Å². The third kappa shape index (κ3) is 5.55. The van der Waals surface area contributed by atoms with Gasteiger partial charge in [-0.2, -0.15) is 0 Å². The fourth-order valence-corrected chi connectivity index (χ4v) is 2.70. The van der Waals surface area contributed by atoms with Crippen LogP contribution in [0.5, 0.6) is 11.5 Å². The Hall–Kier alpha value is -3.40. The molecule has 0 aliphatic carbocycles. The highest BCUT2D eigenvalue weighted by molar-refractivity contribution is 5.75. The van der Waals surface area contributed by atoms with Crippen molar-refractivity contribution in [3.8, 4) is 11.5 Å². The lowest BCUT2D eigenvalue weighted by Crippen LogP contribution is -2.10. The summed E-state index contributed by atoms with van der Waals surface area (Å²) in [5.41, 5.74) is 4.12. The molecule has 0 N–H and O–H groups in total. The second kappa shape index (κ2) is 9.51. The van der Waals surface area contributed by atoms with Crippen molar-refractivity contribution < 1.29 is 14.3 Å². The number of rotatable bonds is 7. The van der Waals surface area contributed by atoms with E-state index in [4.69, 9.17) is 9.47 Å². The topological polar surface area (TPSA) is 48.4 Å². The smallest absolute Gasteiger partial charge is 0.311 e. The summed E-state index contributed by atoms with van der Waals surface area (Å²) in [5.74, 6) is 0.661. The fraction of sp³-hybridized carbons (Fsp3) is 0.167. The normalized spacial score (nSPS) is 10.8. The molecule has 3 rings (SSSR count). The molecule has 0 atom stereocenters. The molecule has 1 aromatic heterocycles. The minimum atomic E-state index is -0.282. The summed E-state index contributed by atoms with van der Waals surface area (Å²) in [6.07, 6.45) is 6.56. The first kappa shape index (κ1) is 19.4. The minimum absolute atomic E-state index is 0.282. The molecule has 28 heavy (non-hydrogen) atoms. The van der Waals surface area contributed by atoms with Crippen LogP contribution >= 0.6 is 0 Å². The molecule has 0 amide bonds. The first-order valence-corrected chi connectivity index (χ1v) is 9.17. The Kier molecular flexibility index (Phi) is 6.58. The van der Waals surface area contributed by atoms with Gasteiger partial charge in [-0.1, -0.05) is 48.0 Å². The number of methoxy groups -OCH3 is 1. The standard InChI is InChI=1S/C24H23NO3/c1-18-6-8-19(9-7-18)12-15-24(26)28-22-14-11-20(17-23(22)27-2)10-13-21-5-3-4-16-25-21/h3-11,13-14,16-17H,12,15H2,1-2H3/b13-10+.